The molecule has 0 spiro atoms. The van der Waals surface area contributed by atoms with Gasteiger partial charge in [-0.05, 0) is 57.0 Å². The molecular weight excluding hydrogens is 448 g/mol. The molecule has 3 rings (SSSR count). The van der Waals surface area contributed by atoms with E-state index >= 15 is 0 Å². The summed E-state index contributed by atoms with van der Waals surface area (Å²) >= 11 is 2.60. The normalized spacial score (nSPS) is 10.8. The first-order chi connectivity index (χ1) is 15.3. The van der Waals surface area contributed by atoms with E-state index in [1.165, 1.54) is 23.1 Å². The predicted octanol–water partition coefficient (Wildman–Crippen LogP) is 4.29. The lowest BCUT2D eigenvalue weighted by Gasteiger charge is -2.08. The van der Waals surface area contributed by atoms with Crippen LogP contribution in [0.15, 0.2) is 29.4 Å². The number of thiophene rings is 1. The van der Waals surface area contributed by atoms with Gasteiger partial charge in [0, 0.05) is 11.9 Å². The van der Waals surface area contributed by atoms with Gasteiger partial charge in [0.15, 0.2) is 11.0 Å². The Labute approximate surface area is 195 Å². The standard InChI is InChI=1S/C22H26N4O4S2/c1-6-29-21(28)17-10-15(4)32-20(17)23-19(27)12-31-22-25-24-18(26(22)5)11-30-16-8-13(2)7-14(3)9-16/h7-10H,6,11-12H2,1-5H3,(H,23,27). The molecule has 3 aromatic rings. The molecule has 0 saturated carbocycles. The maximum atomic E-state index is 12.5. The quantitative estimate of drug-likeness (QED) is 0.365. The molecule has 0 saturated heterocycles. The van der Waals surface area contributed by atoms with Gasteiger partial charge in [-0.3, -0.25) is 4.79 Å². The monoisotopic (exact) mass is 474 g/mol. The number of benzene rings is 1. The van der Waals surface area contributed by atoms with E-state index in [4.69, 9.17) is 9.47 Å². The smallest absolute Gasteiger partial charge is 0.341 e. The molecule has 1 aromatic carbocycles. The van der Waals surface area contributed by atoms with Gasteiger partial charge in [0.1, 0.15) is 17.4 Å². The molecule has 0 aliphatic heterocycles. The Kier molecular flexibility index (Phi) is 7.92. The third-order valence-corrected chi connectivity index (χ3v) is 6.41. The van der Waals surface area contributed by atoms with E-state index in [9.17, 15) is 9.59 Å². The fourth-order valence-corrected chi connectivity index (χ4v) is 4.67. The molecule has 1 N–H and O–H groups in total. The predicted molar refractivity (Wildman–Crippen MR) is 126 cm³/mol. The summed E-state index contributed by atoms with van der Waals surface area (Å²) in [6.07, 6.45) is 0. The summed E-state index contributed by atoms with van der Waals surface area (Å²) in [6, 6.07) is 7.75. The minimum Gasteiger partial charge on any atom is -0.486 e. The van der Waals surface area contributed by atoms with Crippen LogP contribution in [0.4, 0.5) is 5.00 Å². The summed E-state index contributed by atoms with van der Waals surface area (Å²) in [5.74, 6) is 0.886. The van der Waals surface area contributed by atoms with E-state index in [1.54, 1.807) is 17.6 Å². The Balaban J connectivity index is 1.57. The summed E-state index contributed by atoms with van der Waals surface area (Å²) < 4.78 is 12.7. The van der Waals surface area contributed by atoms with Gasteiger partial charge in [-0.25, -0.2) is 4.79 Å². The number of esters is 1. The molecule has 2 heterocycles. The number of hydrogen-bond acceptors (Lipinski definition) is 8. The Morgan fingerprint density at radius 1 is 1.12 bits per heavy atom. The van der Waals surface area contributed by atoms with Crippen LogP contribution in [-0.4, -0.2) is 39.0 Å². The van der Waals surface area contributed by atoms with E-state index in [2.05, 4.69) is 21.6 Å². The molecule has 8 nitrogen and oxygen atoms in total. The summed E-state index contributed by atoms with van der Waals surface area (Å²) in [5, 5.41) is 12.2. The lowest BCUT2D eigenvalue weighted by atomic mass is 10.1. The van der Waals surface area contributed by atoms with Gasteiger partial charge in [-0.2, -0.15) is 0 Å². The van der Waals surface area contributed by atoms with Crippen molar-refractivity contribution >= 4 is 40.0 Å². The number of thioether (sulfide) groups is 1. The summed E-state index contributed by atoms with van der Waals surface area (Å²) in [7, 11) is 1.84. The minimum atomic E-state index is -0.443. The lowest BCUT2D eigenvalue weighted by molar-refractivity contribution is -0.113. The highest BCUT2D eigenvalue weighted by Gasteiger charge is 2.19. The van der Waals surface area contributed by atoms with Crippen molar-refractivity contribution in [1.29, 1.82) is 0 Å². The molecular formula is C22H26N4O4S2. The van der Waals surface area contributed by atoms with E-state index in [-0.39, 0.29) is 24.9 Å². The summed E-state index contributed by atoms with van der Waals surface area (Å²) in [5.41, 5.74) is 2.64. The van der Waals surface area contributed by atoms with Gasteiger partial charge in [0.25, 0.3) is 0 Å². The fraction of sp³-hybridized carbons (Fsp3) is 0.364. The highest BCUT2D eigenvalue weighted by Crippen LogP contribution is 2.29. The maximum Gasteiger partial charge on any atom is 0.341 e. The molecule has 0 bridgehead atoms. The Morgan fingerprint density at radius 3 is 2.53 bits per heavy atom. The van der Waals surface area contributed by atoms with Crippen LogP contribution in [0.3, 0.4) is 0 Å². The van der Waals surface area contributed by atoms with Gasteiger partial charge >= 0.3 is 5.97 Å². The van der Waals surface area contributed by atoms with Gasteiger partial charge in [0.2, 0.25) is 5.91 Å². The van der Waals surface area contributed by atoms with Crippen molar-refractivity contribution in [3.05, 3.63) is 51.7 Å². The molecule has 0 unspecified atom stereocenters. The first-order valence-corrected chi connectivity index (χ1v) is 11.9. The number of ether oxygens (including phenoxy) is 2. The van der Waals surface area contributed by atoms with Crippen molar-refractivity contribution in [2.45, 2.75) is 39.5 Å². The number of nitrogens with zero attached hydrogens (tertiary/aromatic N) is 3. The van der Waals surface area contributed by atoms with Crippen LogP contribution in [0.25, 0.3) is 0 Å². The second-order valence-corrected chi connectivity index (χ2v) is 9.43. The van der Waals surface area contributed by atoms with Gasteiger partial charge in [0.05, 0.1) is 17.9 Å². The highest BCUT2D eigenvalue weighted by molar-refractivity contribution is 7.99. The first kappa shape index (κ1) is 23.8. The number of anilines is 1. The fourth-order valence-electron chi connectivity index (χ4n) is 3.02. The van der Waals surface area contributed by atoms with Crippen LogP contribution >= 0.6 is 23.1 Å². The molecule has 1 amide bonds. The second kappa shape index (κ2) is 10.6. The number of carbonyl (C=O) groups is 2. The van der Waals surface area contributed by atoms with Crippen LogP contribution in [0.1, 0.15) is 39.1 Å². The molecule has 0 fully saturated rings. The number of hydrogen-bond donors (Lipinski definition) is 1. The van der Waals surface area contributed by atoms with E-state index in [0.29, 0.717) is 21.5 Å². The lowest BCUT2D eigenvalue weighted by Crippen LogP contribution is -2.16. The average Bonchev–Trinajstić information content (AvgIpc) is 3.26. The average molecular weight is 475 g/mol. The van der Waals surface area contributed by atoms with Crippen LogP contribution < -0.4 is 10.1 Å². The Bertz CT molecular complexity index is 1100. The highest BCUT2D eigenvalue weighted by atomic mass is 32.2. The molecule has 0 aliphatic rings. The zero-order valence-corrected chi connectivity index (χ0v) is 20.4. The third-order valence-electron chi connectivity index (χ3n) is 4.42. The molecule has 0 aliphatic carbocycles. The zero-order chi connectivity index (χ0) is 23.3. The number of nitrogens with one attached hydrogen (secondary N) is 1. The molecule has 170 valence electrons. The largest absolute Gasteiger partial charge is 0.486 e. The van der Waals surface area contributed by atoms with Crippen LogP contribution in [-0.2, 0) is 23.2 Å². The van der Waals surface area contributed by atoms with Gasteiger partial charge in [-0.1, -0.05) is 17.8 Å². The number of aryl methyl sites for hydroxylation is 3. The van der Waals surface area contributed by atoms with Gasteiger partial charge in [-0.15, -0.1) is 21.5 Å². The molecule has 2 aromatic heterocycles. The molecule has 10 heteroatoms. The minimum absolute atomic E-state index is 0.128. The number of carbonyl (C=O) groups excluding carboxylic acids is 2. The molecule has 0 radical (unpaired) electrons. The van der Waals surface area contributed by atoms with E-state index in [0.717, 1.165) is 21.8 Å². The van der Waals surface area contributed by atoms with Crippen molar-refractivity contribution in [3.63, 3.8) is 0 Å². The zero-order valence-electron chi connectivity index (χ0n) is 18.7. The third kappa shape index (κ3) is 6.10. The maximum absolute atomic E-state index is 12.5. The van der Waals surface area contributed by atoms with E-state index < -0.39 is 5.97 Å². The van der Waals surface area contributed by atoms with Crippen LogP contribution in [0.5, 0.6) is 5.75 Å². The van der Waals surface area contributed by atoms with Crippen LogP contribution in [0.2, 0.25) is 0 Å². The first-order valence-electron chi connectivity index (χ1n) is 10.1. The van der Waals surface area contributed by atoms with Crippen molar-refractivity contribution in [2.75, 3.05) is 17.7 Å². The SMILES string of the molecule is CCOC(=O)c1cc(C)sc1NC(=O)CSc1nnc(COc2cc(C)cc(C)c2)n1C. The number of amides is 1. The summed E-state index contributed by atoms with van der Waals surface area (Å²) in [4.78, 5) is 25.5. The molecule has 0 atom stereocenters. The number of aromatic nitrogens is 3. The molecule has 32 heavy (non-hydrogen) atoms. The van der Waals surface area contributed by atoms with Crippen molar-refractivity contribution in [1.82, 2.24) is 14.8 Å². The number of rotatable bonds is 9. The van der Waals surface area contributed by atoms with Crippen molar-refractivity contribution in [2.24, 2.45) is 7.05 Å². The topological polar surface area (TPSA) is 95.3 Å². The van der Waals surface area contributed by atoms with Crippen molar-refractivity contribution < 1.29 is 19.1 Å². The Hall–Kier alpha value is -2.85. The Morgan fingerprint density at radius 2 is 1.84 bits per heavy atom. The summed E-state index contributed by atoms with van der Waals surface area (Å²) in [6.45, 7) is 8.21. The second-order valence-electron chi connectivity index (χ2n) is 7.23. The van der Waals surface area contributed by atoms with Gasteiger partial charge < -0.3 is 19.4 Å². The van der Waals surface area contributed by atoms with Crippen LogP contribution in [0, 0.1) is 20.8 Å². The van der Waals surface area contributed by atoms with Crippen molar-refractivity contribution in [3.8, 4) is 5.75 Å². The van der Waals surface area contributed by atoms with E-state index in [1.807, 2.05) is 40.0 Å².